The Morgan fingerprint density at radius 2 is 2.00 bits per heavy atom. The van der Waals surface area contributed by atoms with Gasteiger partial charge in [0.1, 0.15) is 10.8 Å². The highest BCUT2D eigenvalue weighted by atomic mass is 32.1. The summed E-state index contributed by atoms with van der Waals surface area (Å²) >= 11 is 4.78. The molecule has 2 atom stereocenters. The molecule has 1 aromatic carbocycles. The third-order valence-corrected chi connectivity index (χ3v) is 4.36. The molecule has 5 heteroatoms. The molecule has 1 amide bonds. The number of hydrogen-bond donors (Lipinski definition) is 2. The van der Waals surface area contributed by atoms with E-state index in [2.05, 4.69) is 5.32 Å². The average Bonchev–Trinajstić information content (AvgIpc) is 2.98. The lowest BCUT2D eigenvalue weighted by Crippen LogP contribution is -2.22. The van der Waals surface area contributed by atoms with Crippen molar-refractivity contribution in [1.82, 2.24) is 0 Å². The molecular weight excluding hydrogens is 263 g/mol. The van der Waals surface area contributed by atoms with Crippen molar-refractivity contribution in [3.05, 3.63) is 29.6 Å². The molecule has 0 aromatic heterocycles. The van der Waals surface area contributed by atoms with Gasteiger partial charge in [-0.15, -0.1) is 0 Å². The lowest BCUT2D eigenvalue weighted by Gasteiger charge is -2.13. The van der Waals surface area contributed by atoms with E-state index in [4.69, 9.17) is 18.0 Å². The molecule has 0 heterocycles. The van der Waals surface area contributed by atoms with Gasteiger partial charge in [-0.25, -0.2) is 4.39 Å². The van der Waals surface area contributed by atoms with Crippen molar-refractivity contribution in [3.8, 4) is 0 Å². The number of carbonyl (C=O) groups is 1. The van der Waals surface area contributed by atoms with Crippen LogP contribution in [0.5, 0.6) is 0 Å². The van der Waals surface area contributed by atoms with Gasteiger partial charge in [-0.3, -0.25) is 4.79 Å². The van der Waals surface area contributed by atoms with E-state index in [1.165, 1.54) is 18.6 Å². The van der Waals surface area contributed by atoms with Gasteiger partial charge in [-0.1, -0.05) is 12.2 Å². The first-order chi connectivity index (χ1) is 9.04. The number of rotatable bonds is 3. The summed E-state index contributed by atoms with van der Waals surface area (Å²) in [6, 6.07) is 4.38. The maximum absolute atomic E-state index is 13.8. The predicted molar refractivity (Wildman–Crippen MR) is 75.2 cm³/mol. The summed E-state index contributed by atoms with van der Waals surface area (Å²) in [5.41, 5.74) is 6.10. The van der Waals surface area contributed by atoms with Crippen molar-refractivity contribution in [1.29, 1.82) is 0 Å². The molecule has 0 aliphatic heterocycles. The van der Waals surface area contributed by atoms with Crippen LogP contribution in [0.15, 0.2) is 18.2 Å². The number of hydrogen-bond acceptors (Lipinski definition) is 2. The molecule has 0 saturated heterocycles. The van der Waals surface area contributed by atoms with E-state index in [0.29, 0.717) is 5.56 Å². The first kappa shape index (κ1) is 12.5. The van der Waals surface area contributed by atoms with Crippen LogP contribution in [0.1, 0.15) is 24.8 Å². The summed E-state index contributed by atoms with van der Waals surface area (Å²) in [6.07, 6.45) is 3.16. The fourth-order valence-electron chi connectivity index (χ4n) is 2.93. The topological polar surface area (TPSA) is 55.1 Å². The molecule has 0 radical (unpaired) electrons. The van der Waals surface area contributed by atoms with Crippen LogP contribution in [-0.4, -0.2) is 10.9 Å². The van der Waals surface area contributed by atoms with E-state index in [0.717, 1.165) is 24.7 Å². The highest BCUT2D eigenvalue weighted by Crippen LogP contribution is 2.54. The second kappa shape index (κ2) is 4.56. The van der Waals surface area contributed by atoms with E-state index >= 15 is 0 Å². The molecule has 3 rings (SSSR count). The van der Waals surface area contributed by atoms with Crippen molar-refractivity contribution >= 4 is 28.8 Å². The SMILES string of the molecule is NC(=S)c1ccc(NC(=O)C2CC3CC3C2)c(F)c1. The second-order valence-corrected chi connectivity index (χ2v) is 5.91. The molecule has 2 saturated carbocycles. The summed E-state index contributed by atoms with van der Waals surface area (Å²) in [5.74, 6) is 0.935. The number of anilines is 1. The van der Waals surface area contributed by atoms with Gasteiger partial charge >= 0.3 is 0 Å². The van der Waals surface area contributed by atoms with Crippen molar-refractivity contribution in [2.45, 2.75) is 19.3 Å². The van der Waals surface area contributed by atoms with Crippen LogP contribution in [-0.2, 0) is 4.79 Å². The highest BCUT2D eigenvalue weighted by molar-refractivity contribution is 7.80. The Balaban J connectivity index is 1.69. The minimum absolute atomic E-state index is 0.0402. The van der Waals surface area contributed by atoms with Gasteiger partial charge in [-0.2, -0.15) is 0 Å². The first-order valence-electron chi connectivity index (χ1n) is 6.45. The molecule has 2 aliphatic rings. The monoisotopic (exact) mass is 278 g/mol. The predicted octanol–water partition coefficient (Wildman–Crippen LogP) is 2.44. The maximum atomic E-state index is 13.8. The standard InChI is InChI=1S/C14H15FN2OS/c15-11-6-7(13(16)19)1-2-12(11)17-14(18)10-4-8-3-9(8)5-10/h1-2,6,8-10H,3-5H2,(H2,16,19)(H,17,18). The number of amides is 1. The smallest absolute Gasteiger partial charge is 0.227 e. The van der Waals surface area contributed by atoms with Gasteiger partial charge in [0.05, 0.1) is 5.69 Å². The fraction of sp³-hybridized carbons (Fsp3) is 0.429. The maximum Gasteiger partial charge on any atom is 0.227 e. The largest absolute Gasteiger partial charge is 0.389 e. The molecular formula is C14H15FN2OS. The van der Waals surface area contributed by atoms with Gasteiger partial charge in [0, 0.05) is 11.5 Å². The molecule has 3 N–H and O–H groups in total. The molecule has 1 aromatic rings. The third-order valence-electron chi connectivity index (χ3n) is 4.13. The normalized spacial score (nSPS) is 27.7. The van der Waals surface area contributed by atoms with Crippen LogP contribution in [0.3, 0.4) is 0 Å². The van der Waals surface area contributed by atoms with E-state index in [9.17, 15) is 9.18 Å². The molecule has 2 fully saturated rings. The van der Waals surface area contributed by atoms with E-state index in [1.807, 2.05) is 0 Å². The van der Waals surface area contributed by atoms with Crippen LogP contribution in [0.4, 0.5) is 10.1 Å². The summed E-state index contributed by atoms with van der Waals surface area (Å²) in [5, 5.41) is 2.66. The van der Waals surface area contributed by atoms with Gasteiger partial charge in [-0.05, 0) is 49.3 Å². The summed E-state index contributed by atoms with van der Waals surface area (Å²) < 4.78 is 13.8. The summed E-state index contributed by atoms with van der Waals surface area (Å²) in [7, 11) is 0. The minimum atomic E-state index is -0.498. The van der Waals surface area contributed by atoms with Crippen LogP contribution in [0.25, 0.3) is 0 Å². The zero-order valence-corrected chi connectivity index (χ0v) is 11.2. The zero-order valence-electron chi connectivity index (χ0n) is 10.4. The highest BCUT2D eigenvalue weighted by Gasteiger charge is 2.48. The first-order valence-corrected chi connectivity index (χ1v) is 6.85. The number of nitrogens with two attached hydrogens (primary N) is 1. The second-order valence-electron chi connectivity index (χ2n) is 5.47. The third kappa shape index (κ3) is 2.47. The number of benzene rings is 1. The average molecular weight is 278 g/mol. The number of fused-ring (bicyclic) bond motifs is 1. The van der Waals surface area contributed by atoms with Crippen LogP contribution >= 0.6 is 12.2 Å². The van der Waals surface area contributed by atoms with Gasteiger partial charge in [0.15, 0.2) is 0 Å². The summed E-state index contributed by atoms with van der Waals surface area (Å²) in [4.78, 5) is 12.2. The Morgan fingerprint density at radius 1 is 1.32 bits per heavy atom. The number of carbonyl (C=O) groups excluding carboxylic acids is 1. The minimum Gasteiger partial charge on any atom is -0.389 e. The Hall–Kier alpha value is -1.49. The summed E-state index contributed by atoms with van der Waals surface area (Å²) in [6.45, 7) is 0. The van der Waals surface area contributed by atoms with Gasteiger partial charge in [0.25, 0.3) is 0 Å². The van der Waals surface area contributed by atoms with Crippen LogP contribution in [0, 0.1) is 23.6 Å². The Kier molecular flexibility index (Phi) is 3.01. The molecule has 100 valence electrons. The quantitative estimate of drug-likeness (QED) is 0.835. The lowest BCUT2D eigenvalue weighted by molar-refractivity contribution is -0.120. The Labute approximate surface area is 116 Å². The van der Waals surface area contributed by atoms with Gasteiger partial charge in [0.2, 0.25) is 5.91 Å². The fourth-order valence-corrected chi connectivity index (χ4v) is 3.06. The van der Waals surface area contributed by atoms with E-state index in [-0.39, 0.29) is 22.5 Å². The van der Waals surface area contributed by atoms with Crippen molar-refractivity contribution in [2.75, 3.05) is 5.32 Å². The number of thiocarbonyl (C=S) groups is 1. The van der Waals surface area contributed by atoms with Gasteiger partial charge < -0.3 is 11.1 Å². The number of halogens is 1. The van der Waals surface area contributed by atoms with E-state index in [1.54, 1.807) is 6.07 Å². The number of nitrogens with one attached hydrogen (secondary N) is 1. The van der Waals surface area contributed by atoms with Crippen molar-refractivity contribution in [3.63, 3.8) is 0 Å². The van der Waals surface area contributed by atoms with Crippen LogP contribution < -0.4 is 11.1 Å². The van der Waals surface area contributed by atoms with Crippen LogP contribution in [0.2, 0.25) is 0 Å². The Morgan fingerprint density at radius 3 is 2.58 bits per heavy atom. The Bertz CT molecular complexity index is 550. The van der Waals surface area contributed by atoms with Crippen molar-refractivity contribution < 1.29 is 9.18 Å². The lowest BCUT2D eigenvalue weighted by atomic mass is 10.0. The van der Waals surface area contributed by atoms with E-state index < -0.39 is 5.82 Å². The molecule has 0 spiro atoms. The van der Waals surface area contributed by atoms with Crippen molar-refractivity contribution in [2.24, 2.45) is 23.5 Å². The molecule has 19 heavy (non-hydrogen) atoms. The zero-order chi connectivity index (χ0) is 13.6. The molecule has 3 nitrogen and oxygen atoms in total. The molecule has 2 aliphatic carbocycles. The molecule has 2 unspecified atom stereocenters. The molecule has 0 bridgehead atoms.